The molecule has 4 rings (SSSR count). The number of rotatable bonds is 5. The van der Waals surface area contributed by atoms with Crippen LogP contribution in [-0.4, -0.2) is 67.6 Å². The Morgan fingerprint density at radius 3 is 2.68 bits per heavy atom. The van der Waals surface area contributed by atoms with Crippen molar-refractivity contribution in [3.8, 4) is 0 Å². The van der Waals surface area contributed by atoms with Crippen LogP contribution in [0, 0.1) is 0 Å². The van der Waals surface area contributed by atoms with Gasteiger partial charge < -0.3 is 10.6 Å². The Hall–Kier alpha value is -0.570. The standard InChI is InChI=1S/C18H28ClN5.HI/c1-3-20-18(22-14(2)15-5-4-6-16(19)11-15)21-12-17-13-23-7-9-24(17)10-8-23;/h4-6,11,14,17H,3,7-10,12-13H2,1-2H3,(H2,20,21,22);1H. The van der Waals surface area contributed by atoms with Gasteiger partial charge in [0.25, 0.3) is 0 Å². The van der Waals surface area contributed by atoms with Crippen molar-refractivity contribution in [1.82, 2.24) is 20.4 Å². The van der Waals surface area contributed by atoms with E-state index in [1.54, 1.807) is 0 Å². The van der Waals surface area contributed by atoms with Crippen molar-refractivity contribution in [2.75, 3.05) is 45.8 Å². The molecule has 5 nitrogen and oxygen atoms in total. The monoisotopic (exact) mass is 477 g/mol. The molecule has 2 unspecified atom stereocenters. The number of guanidine groups is 1. The topological polar surface area (TPSA) is 42.9 Å². The van der Waals surface area contributed by atoms with E-state index in [-0.39, 0.29) is 30.0 Å². The first-order valence-corrected chi connectivity index (χ1v) is 9.30. The number of benzene rings is 1. The van der Waals surface area contributed by atoms with Crippen molar-refractivity contribution in [3.05, 3.63) is 34.9 Å². The zero-order valence-corrected chi connectivity index (χ0v) is 18.1. The number of fused-ring (bicyclic) bond motifs is 3. The average molecular weight is 478 g/mol. The molecule has 3 fully saturated rings. The van der Waals surface area contributed by atoms with E-state index in [1.165, 1.54) is 31.7 Å². The Morgan fingerprint density at radius 2 is 2.08 bits per heavy atom. The molecular formula is C18H29ClIN5. The Labute approximate surface area is 173 Å². The van der Waals surface area contributed by atoms with Gasteiger partial charge in [0.15, 0.2) is 5.96 Å². The summed E-state index contributed by atoms with van der Waals surface area (Å²) in [4.78, 5) is 9.96. The predicted molar refractivity (Wildman–Crippen MR) is 116 cm³/mol. The Kier molecular flexibility index (Phi) is 8.25. The van der Waals surface area contributed by atoms with Gasteiger partial charge >= 0.3 is 0 Å². The molecule has 0 spiro atoms. The molecule has 0 aliphatic carbocycles. The molecule has 0 saturated carbocycles. The van der Waals surface area contributed by atoms with Gasteiger partial charge in [0.1, 0.15) is 0 Å². The van der Waals surface area contributed by atoms with Gasteiger partial charge in [-0.05, 0) is 31.5 Å². The fraction of sp³-hybridized carbons (Fsp3) is 0.611. The highest BCUT2D eigenvalue weighted by atomic mass is 127. The fourth-order valence-electron chi connectivity index (χ4n) is 3.48. The maximum atomic E-state index is 6.10. The number of nitrogens with zero attached hydrogens (tertiary/aromatic N) is 3. The SMILES string of the molecule is CCNC(=NCC1CN2CCN1CC2)NC(C)c1cccc(Cl)c1.I. The van der Waals surface area contributed by atoms with Crippen LogP contribution in [0.3, 0.4) is 0 Å². The van der Waals surface area contributed by atoms with Crippen LogP contribution >= 0.6 is 35.6 Å². The maximum Gasteiger partial charge on any atom is 0.191 e. The highest BCUT2D eigenvalue weighted by Crippen LogP contribution is 2.18. The number of piperazine rings is 3. The second-order valence-electron chi connectivity index (χ2n) is 6.63. The molecular weight excluding hydrogens is 449 g/mol. The summed E-state index contributed by atoms with van der Waals surface area (Å²) in [7, 11) is 0. The van der Waals surface area contributed by atoms with Crippen molar-refractivity contribution in [2.24, 2.45) is 4.99 Å². The van der Waals surface area contributed by atoms with Crippen LogP contribution in [-0.2, 0) is 0 Å². The molecule has 2 N–H and O–H groups in total. The smallest absolute Gasteiger partial charge is 0.191 e. The lowest BCUT2D eigenvalue weighted by atomic mass is 10.1. The van der Waals surface area contributed by atoms with E-state index in [1.807, 2.05) is 18.2 Å². The predicted octanol–water partition coefficient (Wildman–Crippen LogP) is 2.57. The van der Waals surface area contributed by atoms with E-state index in [0.29, 0.717) is 6.04 Å². The summed E-state index contributed by atoms with van der Waals surface area (Å²) in [6.07, 6.45) is 0. The van der Waals surface area contributed by atoms with Crippen molar-refractivity contribution in [2.45, 2.75) is 25.9 Å². The van der Waals surface area contributed by atoms with Crippen LogP contribution in [0.5, 0.6) is 0 Å². The molecule has 0 radical (unpaired) electrons. The van der Waals surface area contributed by atoms with Crippen molar-refractivity contribution >= 4 is 41.5 Å². The largest absolute Gasteiger partial charge is 0.357 e. The molecule has 7 heteroatoms. The molecule has 3 aliphatic rings. The van der Waals surface area contributed by atoms with Crippen LogP contribution < -0.4 is 10.6 Å². The van der Waals surface area contributed by atoms with Crippen molar-refractivity contribution in [1.29, 1.82) is 0 Å². The molecule has 25 heavy (non-hydrogen) atoms. The fourth-order valence-corrected chi connectivity index (χ4v) is 3.68. The number of nitrogens with one attached hydrogen (secondary N) is 2. The van der Waals surface area contributed by atoms with Crippen molar-refractivity contribution < 1.29 is 0 Å². The van der Waals surface area contributed by atoms with Gasteiger partial charge in [-0.3, -0.25) is 14.8 Å². The zero-order valence-electron chi connectivity index (χ0n) is 15.0. The molecule has 0 amide bonds. The van der Waals surface area contributed by atoms with Gasteiger partial charge in [-0.2, -0.15) is 0 Å². The van der Waals surface area contributed by atoms with E-state index in [4.69, 9.17) is 16.6 Å². The lowest BCUT2D eigenvalue weighted by Gasteiger charge is -2.47. The summed E-state index contributed by atoms with van der Waals surface area (Å²) < 4.78 is 0. The van der Waals surface area contributed by atoms with E-state index >= 15 is 0 Å². The Balaban J connectivity index is 0.00000225. The Morgan fingerprint density at radius 1 is 1.32 bits per heavy atom. The van der Waals surface area contributed by atoms with E-state index in [9.17, 15) is 0 Å². The van der Waals surface area contributed by atoms with Gasteiger partial charge in [0.2, 0.25) is 0 Å². The van der Waals surface area contributed by atoms with Crippen LogP contribution in [0.2, 0.25) is 5.02 Å². The maximum absolute atomic E-state index is 6.10. The lowest BCUT2D eigenvalue weighted by molar-refractivity contribution is 0.0174. The first kappa shape index (κ1) is 20.7. The van der Waals surface area contributed by atoms with Crippen LogP contribution in [0.4, 0.5) is 0 Å². The molecule has 1 aromatic carbocycles. The second kappa shape index (κ2) is 9.94. The molecule has 3 aliphatic heterocycles. The van der Waals surface area contributed by atoms with Gasteiger partial charge in [0.05, 0.1) is 12.6 Å². The third kappa shape index (κ3) is 5.70. The molecule has 0 aromatic heterocycles. The average Bonchev–Trinajstić information content (AvgIpc) is 2.61. The number of aliphatic imine (C=N–C) groups is 1. The molecule has 140 valence electrons. The highest BCUT2D eigenvalue weighted by Gasteiger charge is 2.31. The third-order valence-electron chi connectivity index (χ3n) is 4.90. The van der Waals surface area contributed by atoms with Gasteiger partial charge in [-0.15, -0.1) is 24.0 Å². The summed E-state index contributed by atoms with van der Waals surface area (Å²) in [5.41, 5.74) is 1.17. The van der Waals surface area contributed by atoms with Gasteiger partial charge in [-0.1, -0.05) is 23.7 Å². The second-order valence-corrected chi connectivity index (χ2v) is 7.07. The van der Waals surface area contributed by atoms with Crippen LogP contribution in [0.1, 0.15) is 25.5 Å². The minimum atomic E-state index is 0. The van der Waals surface area contributed by atoms with Crippen LogP contribution in [0.15, 0.2) is 29.3 Å². The molecule has 3 heterocycles. The number of hydrogen-bond acceptors (Lipinski definition) is 3. The van der Waals surface area contributed by atoms with Crippen LogP contribution in [0.25, 0.3) is 0 Å². The Bertz CT molecular complexity index is 574. The quantitative estimate of drug-likeness (QED) is 0.389. The van der Waals surface area contributed by atoms with Gasteiger partial charge in [-0.25, -0.2) is 0 Å². The minimum absolute atomic E-state index is 0. The van der Waals surface area contributed by atoms with E-state index in [0.717, 1.165) is 30.6 Å². The molecule has 2 bridgehead atoms. The first-order valence-electron chi connectivity index (χ1n) is 8.92. The van der Waals surface area contributed by atoms with Crippen molar-refractivity contribution in [3.63, 3.8) is 0 Å². The number of halogens is 2. The molecule has 1 aromatic rings. The van der Waals surface area contributed by atoms with E-state index < -0.39 is 0 Å². The van der Waals surface area contributed by atoms with Gasteiger partial charge in [0, 0.05) is 50.3 Å². The molecule has 3 saturated heterocycles. The summed E-state index contributed by atoms with van der Waals surface area (Å²) in [6, 6.07) is 8.69. The summed E-state index contributed by atoms with van der Waals surface area (Å²) in [5, 5.41) is 7.62. The van der Waals surface area contributed by atoms with E-state index in [2.05, 4.69) is 40.3 Å². The first-order chi connectivity index (χ1) is 11.7. The lowest BCUT2D eigenvalue weighted by Crippen LogP contribution is -2.62. The summed E-state index contributed by atoms with van der Waals surface area (Å²) in [5.74, 6) is 0.877. The molecule has 2 atom stereocenters. The summed E-state index contributed by atoms with van der Waals surface area (Å²) >= 11 is 6.10. The minimum Gasteiger partial charge on any atom is -0.357 e. The highest BCUT2D eigenvalue weighted by molar-refractivity contribution is 14.0. The normalized spacial score (nSPS) is 26.7. The summed E-state index contributed by atoms with van der Waals surface area (Å²) in [6.45, 7) is 11.9. The zero-order chi connectivity index (χ0) is 16.9. The third-order valence-corrected chi connectivity index (χ3v) is 5.13. The number of hydrogen-bond donors (Lipinski definition) is 2.